The summed E-state index contributed by atoms with van der Waals surface area (Å²) in [4.78, 5) is 4.58. The van der Waals surface area contributed by atoms with Crippen molar-refractivity contribution in [3.63, 3.8) is 0 Å². The zero-order valence-corrected chi connectivity index (χ0v) is 16.1. The molecule has 1 aromatic heterocycles. The van der Waals surface area contributed by atoms with Crippen LogP contribution in [0.2, 0.25) is 0 Å². The van der Waals surface area contributed by atoms with E-state index in [2.05, 4.69) is 15.6 Å². The lowest BCUT2D eigenvalue weighted by atomic mass is 10.2. The lowest BCUT2D eigenvalue weighted by Crippen LogP contribution is -2.45. The van der Waals surface area contributed by atoms with Gasteiger partial charge in [-0.1, -0.05) is 19.1 Å². The van der Waals surface area contributed by atoms with E-state index in [-0.39, 0.29) is 17.5 Å². The van der Waals surface area contributed by atoms with Crippen LogP contribution in [0.15, 0.2) is 57.0 Å². The number of nitrogens with one attached hydrogen (secondary N) is 2. The number of sulfonamides is 1. The van der Waals surface area contributed by atoms with E-state index in [4.69, 9.17) is 9.56 Å². The molecule has 0 aliphatic heterocycles. The van der Waals surface area contributed by atoms with Gasteiger partial charge in [-0.2, -0.15) is 0 Å². The molecule has 0 unspecified atom stereocenters. The summed E-state index contributed by atoms with van der Waals surface area (Å²) < 4.78 is 27.9. The summed E-state index contributed by atoms with van der Waals surface area (Å²) in [6.07, 6.45) is 3.08. The molecule has 5 N–H and O–H groups in total. The largest absolute Gasteiger partial charge is 0.469 e. The molecule has 1 aromatic carbocycles. The van der Waals surface area contributed by atoms with Gasteiger partial charge in [-0.25, -0.2) is 18.5 Å². The second-order valence-corrected chi connectivity index (χ2v) is 7.60. The van der Waals surface area contributed by atoms with Crippen LogP contribution in [0.25, 0.3) is 0 Å². The minimum absolute atomic E-state index is 0.00155. The lowest BCUT2D eigenvalue weighted by molar-refractivity contribution is 0.251. The van der Waals surface area contributed by atoms with Gasteiger partial charge in [0.1, 0.15) is 5.76 Å². The average Bonchev–Trinajstić information content (AvgIpc) is 3.16. The van der Waals surface area contributed by atoms with Crippen LogP contribution in [0.1, 0.15) is 24.7 Å². The molecule has 0 saturated carbocycles. The lowest BCUT2D eigenvalue weighted by Gasteiger charge is -2.18. The maximum absolute atomic E-state index is 11.3. The molecule has 0 aliphatic carbocycles. The molecule has 148 valence electrons. The number of hydrogen-bond donors (Lipinski definition) is 4. The fraction of sp³-hybridized carbons (Fsp3) is 0.389. The Labute approximate surface area is 159 Å². The molecular weight excluding hydrogens is 368 g/mol. The molecular formula is C18H26N4O4S. The molecule has 9 heteroatoms. The standard InChI is InChI=1S/C18H26N4O4S/c1-2-15(13-23)22-18(20-10-9-16-4-3-11-26-16)21-12-14-5-7-17(8-6-14)27(19,24)25/h3-8,11,15,23H,2,9-10,12-13H2,1H3,(H2,19,24,25)(H2,20,21,22)/t15-/m1/s1. The number of primary sulfonamides is 1. The molecule has 8 nitrogen and oxygen atoms in total. The number of nitrogens with two attached hydrogens (primary N) is 1. The van der Waals surface area contributed by atoms with Crippen molar-refractivity contribution >= 4 is 16.0 Å². The van der Waals surface area contributed by atoms with Crippen molar-refractivity contribution in [1.82, 2.24) is 10.6 Å². The van der Waals surface area contributed by atoms with E-state index in [0.29, 0.717) is 25.5 Å². The topological polar surface area (TPSA) is 130 Å². The fourth-order valence-electron chi connectivity index (χ4n) is 2.34. The quantitative estimate of drug-likeness (QED) is 0.370. The van der Waals surface area contributed by atoms with E-state index in [1.807, 2.05) is 19.1 Å². The van der Waals surface area contributed by atoms with Gasteiger partial charge in [0.15, 0.2) is 5.96 Å². The summed E-state index contributed by atoms with van der Waals surface area (Å²) in [6.45, 7) is 2.94. The molecule has 0 fully saturated rings. The van der Waals surface area contributed by atoms with Crippen LogP contribution < -0.4 is 15.8 Å². The van der Waals surface area contributed by atoms with Crippen molar-refractivity contribution in [2.75, 3.05) is 13.2 Å². The summed E-state index contributed by atoms with van der Waals surface area (Å²) in [7, 11) is -3.70. The van der Waals surface area contributed by atoms with E-state index in [0.717, 1.165) is 17.7 Å². The number of nitrogens with zero attached hydrogens (tertiary/aromatic N) is 1. The molecule has 0 bridgehead atoms. The van der Waals surface area contributed by atoms with Crippen LogP contribution in [0.4, 0.5) is 0 Å². The molecule has 0 aliphatic rings. The Balaban J connectivity index is 2.01. The normalized spacial score (nSPS) is 13.4. The fourth-order valence-corrected chi connectivity index (χ4v) is 2.85. The number of rotatable bonds is 9. The van der Waals surface area contributed by atoms with Gasteiger partial charge >= 0.3 is 0 Å². The third-order valence-electron chi connectivity index (χ3n) is 3.97. The number of aliphatic hydroxyl groups excluding tert-OH is 1. The predicted molar refractivity (Wildman–Crippen MR) is 104 cm³/mol. The summed E-state index contributed by atoms with van der Waals surface area (Å²) in [5.74, 6) is 1.44. The number of benzene rings is 1. The van der Waals surface area contributed by atoms with Crippen molar-refractivity contribution in [3.8, 4) is 0 Å². The number of hydrogen-bond acceptors (Lipinski definition) is 5. The third-order valence-corrected chi connectivity index (χ3v) is 4.90. The molecule has 2 rings (SSSR count). The van der Waals surface area contributed by atoms with E-state index in [9.17, 15) is 13.5 Å². The molecule has 0 radical (unpaired) electrons. The first kappa shape index (κ1) is 20.9. The van der Waals surface area contributed by atoms with Gasteiger partial charge in [0, 0.05) is 13.0 Å². The minimum Gasteiger partial charge on any atom is -0.469 e. The highest BCUT2D eigenvalue weighted by molar-refractivity contribution is 7.89. The molecule has 0 amide bonds. The zero-order valence-electron chi connectivity index (χ0n) is 15.3. The molecule has 0 saturated heterocycles. The second kappa shape index (κ2) is 10.1. The molecule has 27 heavy (non-hydrogen) atoms. The van der Waals surface area contributed by atoms with Crippen LogP contribution in [-0.4, -0.2) is 38.7 Å². The van der Waals surface area contributed by atoms with Crippen molar-refractivity contribution < 1.29 is 17.9 Å². The number of furan rings is 1. The first-order chi connectivity index (χ1) is 12.9. The maximum Gasteiger partial charge on any atom is 0.238 e. The van der Waals surface area contributed by atoms with E-state index < -0.39 is 10.0 Å². The SMILES string of the molecule is CC[C@H](CO)NC(=NCc1ccc(S(N)(=O)=O)cc1)NCCc1ccco1. The Kier molecular flexibility index (Phi) is 7.83. The van der Waals surface area contributed by atoms with Crippen LogP contribution >= 0.6 is 0 Å². The molecule has 1 atom stereocenters. The Morgan fingerprint density at radius 1 is 1.30 bits per heavy atom. The summed E-state index contributed by atoms with van der Waals surface area (Å²) in [6, 6.07) is 9.90. The van der Waals surface area contributed by atoms with Gasteiger partial charge in [-0.15, -0.1) is 0 Å². The minimum atomic E-state index is -3.70. The molecule has 0 spiro atoms. The number of aliphatic hydroxyl groups is 1. The van der Waals surface area contributed by atoms with Gasteiger partial charge in [-0.3, -0.25) is 0 Å². The number of aliphatic imine (C=N–C) groups is 1. The third kappa shape index (κ3) is 7.05. The van der Waals surface area contributed by atoms with Crippen LogP contribution in [0.3, 0.4) is 0 Å². The van der Waals surface area contributed by atoms with Crippen LogP contribution in [-0.2, 0) is 23.0 Å². The Bertz CT molecular complexity index is 814. The van der Waals surface area contributed by atoms with Crippen LogP contribution in [0, 0.1) is 0 Å². The average molecular weight is 394 g/mol. The highest BCUT2D eigenvalue weighted by atomic mass is 32.2. The Hall–Kier alpha value is -2.36. The highest BCUT2D eigenvalue weighted by Gasteiger charge is 2.09. The monoisotopic (exact) mass is 394 g/mol. The molecule has 2 aromatic rings. The van der Waals surface area contributed by atoms with Crippen molar-refractivity contribution in [3.05, 3.63) is 54.0 Å². The van der Waals surface area contributed by atoms with Crippen molar-refractivity contribution in [1.29, 1.82) is 0 Å². The highest BCUT2D eigenvalue weighted by Crippen LogP contribution is 2.09. The molecule has 1 heterocycles. The van der Waals surface area contributed by atoms with Gasteiger partial charge in [-0.05, 0) is 36.2 Å². The maximum atomic E-state index is 11.3. The summed E-state index contributed by atoms with van der Waals surface area (Å²) in [5.41, 5.74) is 0.839. The van der Waals surface area contributed by atoms with E-state index in [1.54, 1.807) is 18.4 Å². The summed E-state index contributed by atoms with van der Waals surface area (Å²) in [5, 5.41) is 20.9. The summed E-state index contributed by atoms with van der Waals surface area (Å²) >= 11 is 0. The van der Waals surface area contributed by atoms with Crippen molar-refractivity contribution in [2.45, 2.75) is 37.2 Å². The smallest absolute Gasteiger partial charge is 0.238 e. The first-order valence-corrected chi connectivity index (χ1v) is 10.3. The van der Waals surface area contributed by atoms with Gasteiger partial charge in [0.2, 0.25) is 10.0 Å². The first-order valence-electron chi connectivity index (χ1n) is 8.72. The Morgan fingerprint density at radius 3 is 2.59 bits per heavy atom. The Morgan fingerprint density at radius 2 is 2.04 bits per heavy atom. The van der Waals surface area contributed by atoms with Crippen molar-refractivity contribution in [2.24, 2.45) is 10.1 Å². The van der Waals surface area contributed by atoms with Gasteiger partial charge in [0.25, 0.3) is 0 Å². The van der Waals surface area contributed by atoms with E-state index >= 15 is 0 Å². The van der Waals surface area contributed by atoms with Gasteiger partial charge < -0.3 is 20.2 Å². The second-order valence-electron chi connectivity index (χ2n) is 6.04. The predicted octanol–water partition coefficient (Wildman–Crippen LogP) is 0.976. The van der Waals surface area contributed by atoms with Crippen LogP contribution in [0.5, 0.6) is 0 Å². The van der Waals surface area contributed by atoms with Gasteiger partial charge in [0.05, 0.1) is 30.4 Å². The zero-order chi connectivity index (χ0) is 19.7. The number of guanidine groups is 1. The van der Waals surface area contributed by atoms with E-state index in [1.165, 1.54) is 12.1 Å².